The van der Waals surface area contributed by atoms with Gasteiger partial charge in [0.15, 0.2) is 0 Å². The van der Waals surface area contributed by atoms with Crippen LogP contribution in [0.2, 0.25) is 0 Å². The minimum atomic E-state index is -4.33. The number of nitrogens with zero attached hydrogens (tertiary/aromatic N) is 1. The Labute approximate surface area is 108 Å². The van der Waals surface area contributed by atoms with Crippen molar-refractivity contribution >= 4 is 17.4 Å². The molecule has 0 radical (unpaired) electrons. The molecule has 0 saturated carbocycles. The zero-order chi connectivity index (χ0) is 13.8. The summed E-state index contributed by atoms with van der Waals surface area (Å²) < 4.78 is 37.6. The normalized spacial score (nSPS) is 14.0. The van der Waals surface area contributed by atoms with Crippen LogP contribution in [0.15, 0.2) is 29.9 Å². The highest BCUT2D eigenvalue weighted by atomic mass is 32.1. The van der Waals surface area contributed by atoms with Crippen molar-refractivity contribution in [2.75, 3.05) is 0 Å². The minimum absolute atomic E-state index is 0.675. The maximum Gasteiger partial charge on any atom is 0.416 e. The van der Waals surface area contributed by atoms with E-state index in [0.29, 0.717) is 5.01 Å². The van der Waals surface area contributed by atoms with E-state index in [1.54, 1.807) is 13.0 Å². The number of allylic oxidation sites excluding steroid dienone is 5. The molecule has 5 heteroatoms. The Hall–Kier alpha value is -1.36. The molecule has 0 bridgehead atoms. The largest absolute Gasteiger partial charge is 0.416 e. The fourth-order valence-electron chi connectivity index (χ4n) is 1.23. The van der Waals surface area contributed by atoms with Crippen molar-refractivity contribution < 1.29 is 13.2 Å². The molecule has 1 aromatic heterocycles. The highest BCUT2D eigenvalue weighted by molar-refractivity contribution is 7.12. The molecular weight excluding hydrogens is 259 g/mol. The van der Waals surface area contributed by atoms with Crippen LogP contribution >= 0.6 is 11.3 Å². The molecule has 1 rings (SSSR count). The average molecular weight is 273 g/mol. The minimum Gasteiger partial charge on any atom is -0.242 e. The molecule has 1 nitrogen and oxygen atoms in total. The fraction of sp³-hybridized carbons (Fsp3) is 0.308. The van der Waals surface area contributed by atoms with Gasteiger partial charge in [-0.3, -0.25) is 0 Å². The number of rotatable bonds is 3. The van der Waals surface area contributed by atoms with Crippen molar-refractivity contribution in [3.63, 3.8) is 0 Å². The van der Waals surface area contributed by atoms with Gasteiger partial charge in [0, 0.05) is 4.88 Å². The van der Waals surface area contributed by atoms with E-state index in [2.05, 4.69) is 4.98 Å². The summed E-state index contributed by atoms with van der Waals surface area (Å²) >= 11 is 1.46. The van der Waals surface area contributed by atoms with Crippen molar-refractivity contribution in [1.82, 2.24) is 4.98 Å². The molecule has 1 heterocycles. The molecule has 0 unspecified atom stereocenters. The number of hydrogen-bond acceptors (Lipinski definition) is 2. The topological polar surface area (TPSA) is 12.9 Å². The standard InChI is InChI=1S/C13H14F3NS/c1-4-6-11(13(14,15)16)7-5-8-12-17-9(2)10(3)18-12/h4-8H,1-3H3/b6-4-,8-5+,11-7+. The van der Waals surface area contributed by atoms with Crippen molar-refractivity contribution in [3.8, 4) is 0 Å². The maximum absolute atomic E-state index is 12.5. The molecule has 0 aliphatic heterocycles. The Bertz CT molecular complexity index is 473. The predicted molar refractivity (Wildman–Crippen MR) is 69.6 cm³/mol. The highest BCUT2D eigenvalue weighted by Crippen LogP contribution is 2.26. The monoisotopic (exact) mass is 273 g/mol. The maximum atomic E-state index is 12.5. The second-order valence-corrected chi connectivity index (χ2v) is 4.91. The molecule has 0 spiro atoms. The van der Waals surface area contributed by atoms with E-state index in [-0.39, 0.29) is 0 Å². The molecule has 98 valence electrons. The Morgan fingerprint density at radius 3 is 2.39 bits per heavy atom. The Balaban J connectivity index is 2.89. The zero-order valence-corrected chi connectivity index (χ0v) is 11.2. The lowest BCUT2D eigenvalue weighted by molar-refractivity contribution is -0.0881. The quantitative estimate of drug-likeness (QED) is 0.718. The van der Waals surface area contributed by atoms with Crippen LogP contribution in [-0.4, -0.2) is 11.2 Å². The average Bonchev–Trinajstić information content (AvgIpc) is 2.56. The number of alkyl halides is 3. The zero-order valence-electron chi connectivity index (χ0n) is 10.4. The lowest BCUT2D eigenvalue weighted by Crippen LogP contribution is -2.09. The van der Waals surface area contributed by atoms with Crippen LogP contribution in [0.1, 0.15) is 22.5 Å². The summed E-state index contributed by atoms with van der Waals surface area (Å²) in [4.78, 5) is 5.29. The second kappa shape index (κ2) is 6.00. The molecule has 0 aromatic carbocycles. The molecule has 18 heavy (non-hydrogen) atoms. The molecule has 0 fully saturated rings. The third kappa shape index (κ3) is 4.14. The molecule has 0 saturated heterocycles. The van der Waals surface area contributed by atoms with Gasteiger partial charge in [-0.2, -0.15) is 13.2 Å². The van der Waals surface area contributed by atoms with Gasteiger partial charge in [-0.15, -0.1) is 11.3 Å². The van der Waals surface area contributed by atoms with Gasteiger partial charge < -0.3 is 0 Å². The van der Waals surface area contributed by atoms with Crippen LogP contribution in [0.25, 0.3) is 6.08 Å². The summed E-state index contributed by atoms with van der Waals surface area (Å²) in [6, 6.07) is 0. The Morgan fingerprint density at radius 2 is 1.94 bits per heavy atom. The van der Waals surface area contributed by atoms with Gasteiger partial charge in [0.1, 0.15) is 5.01 Å². The van der Waals surface area contributed by atoms with Crippen LogP contribution in [-0.2, 0) is 0 Å². The first-order valence-electron chi connectivity index (χ1n) is 5.37. The number of aryl methyl sites for hydroxylation is 2. The van der Waals surface area contributed by atoms with Gasteiger partial charge in [-0.25, -0.2) is 4.98 Å². The van der Waals surface area contributed by atoms with E-state index in [1.165, 1.54) is 23.5 Å². The Kier molecular flexibility index (Phi) is 4.90. The van der Waals surface area contributed by atoms with Gasteiger partial charge in [-0.1, -0.05) is 18.2 Å². The highest BCUT2D eigenvalue weighted by Gasteiger charge is 2.30. The van der Waals surface area contributed by atoms with E-state index in [4.69, 9.17) is 0 Å². The van der Waals surface area contributed by atoms with Gasteiger partial charge in [-0.05, 0) is 32.9 Å². The van der Waals surface area contributed by atoms with Gasteiger partial charge in [0.2, 0.25) is 0 Å². The van der Waals surface area contributed by atoms with E-state index in [0.717, 1.165) is 22.7 Å². The third-order valence-electron chi connectivity index (χ3n) is 2.23. The molecule has 0 aliphatic rings. The van der Waals surface area contributed by atoms with E-state index < -0.39 is 11.7 Å². The predicted octanol–water partition coefficient (Wildman–Crippen LogP) is 4.84. The molecule has 0 amide bonds. The number of halogens is 3. The van der Waals surface area contributed by atoms with Crippen molar-refractivity contribution in [3.05, 3.63) is 45.5 Å². The van der Waals surface area contributed by atoms with Crippen LogP contribution in [0.5, 0.6) is 0 Å². The van der Waals surface area contributed by atoms with Gasteiger partial charge in [0.25, 0.3) is 0 Å². The first kappa shape index (κ1) is 14.7. The van der Waals surface area contributed by atoms with Crippen LogP contribution in [0.3, 0.4) is 0 Å². The lowest BCUT2D eigenvalue weighted by atomic mass is 10.2. The molecule has 0 N–H and O–H groups in total. The molecule has 0 aliphatic carbocycles. The van der Waals surface area contributed by atoms with E-state index in [9.17, 15) is 13.2 Å². The second-order valence-electron chi connectivity index (χ2n) is 3.67. The van der Waals surface area contributed by atoms with Crippen LogP contribution in [0.4, 0.5) is 13.2 Å². The summed E-state index contributed by atoms with van der Waals surface area (Å²) in [7, 11) is 0. The number of hydrogen-bond donors (Lipinski definition) is 0. The summed E-state index contributed by atoms with van der Waals surface area (Å²) in [6.07, 6.45) is 2.09. The fourth-order valence-corrected chi connectivity index (χ4v) is 2.06. The Morgan fingerprint density at radius 1 is 1.28 bits per heavy atom. The van der Waals surface area contributed by atoms with Crippen molar-refractivity contribution in [1.29, 1.82) is 0 Å². The first-order chi connectivity index (χ1) is 8.34. The van der Waals surface area contributed by atoms with Gasteiger partial charge in [0.05, 0.1) is 11.3 Å². The molecule has 0 atom stereocenters. The van der Waals surface area contributed by atoms with Crippen molar-refractivity contribution in [2.24, 2.45) is 0 Å². The molecular formula is C13H14F3NS. The number of aromatic nitrogens is 1. The first-order valence-corrected chi connectivity index (χ1v) is 6.18. The SMILES string of the molecule is C\C=C/C(=C\C=C\c1nc(C)c(C)s1)C(F)(F)F. The lowest BCUT2D eigenvalue weighted by Gasteiger charge is -2.05. The smallest absolute Gasteiger partial charge is 0.242 e. The van der Waals surface area contributed by atoms with Crippen molar-refractivity contribution in [2.45, 2.75) is 26.9 Å². The van der Waals surface area contributed by atoms with Crippen LogP contribution < -0.4 is 0 Å². The summed E-state index contributed by atoms with van der Waals surface area (Å²) in [5.74, 6) is 0. The van der Waals surface area contributed by atoms with E-state index >= 15 is 0 Å². The van der Waals surface area contributed by atoms with E-state index in [1.807, 2.05) is 13.8 Å². The third-order valence-corrected chi connectivity index (χ3v) is 3.27. The molecule has 1 aromatic rings. The van der Waals surface area contributed by atoms with Crippen LogP contribution in [0, 0.1) is 13.8 Å². The van der Waals surface area contributed by atoms with Gasteiger partial charge >= 0.3 is 6.18 Å². The number of thiazole rings is 1. The summed E-state index contributed by atoms with van der Waals surface area (Å²) in [5.41, 5.74) is 0.236. The summed E-state index contributed by atoms with van der Waals surface area (Å²) in [5, 5.41) is 0.711. The summed E-state index contributed by atoms with van der Waals surface area (Å²) in [6.45, 7) is 5.36.